The molecule has 0 aromatic carbocycles. The number of hydrogen-bond donors (Lipinski definition) is 0. The number of aromatic nitrogens is 4. The van der Waals surface area contributed by atoms with E-state index in [4.69, 9.17) is 0 Å². The SMILES string of the molecule is O=C(C1CC(C(F)(F)F)Cc2nn(Cc3ncc(F)cc3F)c(=O)n21)N1CCCC1. The molecule has 162 valence electrons. The molecule has 4 rings (SSSR count). The summed E-state index contributed by atoms with van der Waals surface area (Å²) < 4.78 is 69.1. The Morgan fingerprint density at radius 2 is 1.90 bits per heavy atom. The predicted octanol–water partition coefficient (Wildman–Crippen LogP) is 2.05. The maximum atomic E-state index is 13.9. The largest absolute Gasteiger partial charge is 0.392 e. The van der Waals surface area contributed by atoms with Gasteiger partial charge < -0.3 is 4.90 Å². The number of hydrogen-bond acceptors (Lipinski definition) is 4. The number of carbonyl (C=O) groups is 1. The van der Waals surface area contributed by atoms with Gasteiger partial charge in [0.1, 0.15) is 23.5 Å². The Bertz CT molecular complexity index is 1020. The first-order valence-electron chi connectivity index (χ1n) is 9.49. The van der Waals surface area contributed by atoms with Crippen LogP contribution in [0, 0.1) is 17.6 Å². The molecule has 1 saturated heterocycles. The van der Waals surface area contributed by atoms with Gasteiger partial charge in [0, 0.05) is 25.6 Å². The second-order valence-corrected chi connectivity index (χ2v) is 7.54. The van der Waals surface area contributed by atoms with E-state index in [0.29, 0.717) is 19.2 Å². The van der Waals surface area contributed by atoms with Crippen LogP contribution in [0.25, 0.3) is 0 Å². The summed E-state index contributed by atoms with van der Waals surface area (Å²) in [5.74, 6) is -4.47. The first-order valence-corrected chi connectivity index (χ1v) is 9.49. The standard InChI is InChI=1S/C18H18F5N5O2/c19-11-7-12(20)13(24-8-11)9-27-17(30)28-14(16(29)26-3-1-2-4-26)5-10(18(21,22)23)6-15(28)25-27/h7-8,10,14H,1-6,9H2. The van der Waals surface area contributed by atoms with Crippen molar-refractivity contribution in [2.75, 3.05) is 13.1 Å². The molecule has 0 N–H and O–H groups in total. The van der Waals surface area contributed by atoms with E-state index in [1.165, 1.54) is 4.90 Å². The number of pyridine rings is 1. The Kier molecular flexibility index (Phi) is 5.10. The van der Waals surface area contributed by atoms with Gasteiger partial charge in [0.15, 0.2) is 0 Å². The highest BCUT2D eigenvalue weighted by atomic mass is 19.4. The third-order valence-electron chi connectivity index (χ3n) is 5.54. The molecule has 2 unspecified atom stereocenters. The molecule has 30 heavy (non-hydrogen) atoms. The smallest absolute Gasteiger partial charge is 0.341 e. The summed E-state index contributed by atoms with van der Waals surface area (Å²) in [4.78, 5) is 30.8. The molecule has 4 heterocycles. The second kappa shape index (κ2) is 7.47. The molecule has 0 spiro atoms. The van der Waals surface area contributed by atoms with E-state index < -0.39 is 60.8 Å². The topological polar surface area (TPSA) is 73.0 Å². The van der Waals surface area contributed by atoms with Crippen LogP contribution >= 0.6 is 0 Å². The zero-order valence-electron chi connectivity index (χ0n) is 15.7. The van der Waals surface area contributed by atoms with Crippen LogP contribution in [0.15, 0.2) is 17.1 Å². The van der Waals surface area contributed by atoms with Gasteiger partial charge in [-0.3, -0.25) is 14.3 Å². The number of likely N-dealkylation sites (tertiary alicyclic amines) is 1. The molecule has 1 fully saturated rings. The van der Waals surface area contributed by atoms with Gasteiger partial charge in [-0.05, 0) is 19.3 Å². The van der Waals surface area contributed by atoms with E-state index in [0.717, 1.165) is 28.3 Å². The Labute approximate surface area is 167 Å². The highest BCUT2D eigenvalue weighted by Gasteiger charge is 2.48. The van der Waals surface area contributed by atoms with E-state index in [2.05, 4.69) is 10.1 Å². The maximum absolute atomic E-state index is 13.9. The summed E-state index contributed by atoms with van der Waals surface area (Å²) in [6.07, 6.45) is -3.41. The van der Waals surface area contributed by atoms with Crippen molar-refractivity contribution in [1.82, 2.24) is 24.2 Å². The fraction of sp³-hybridized carbons (Fsp3) is 0.556. The Morgan fingerprint density at radius 1 is 1.20 bits per heavy atom. The Hall–Kier alpha value is -2.79. The molecule has 7 nitrogen and oxygen atoms in total. The first-order chi connectivity index (χ1) is 14.1. The minimum Gasteiger partial charge on any atom is -0.341 e. The molecule has 2 aliphatic rings. The minimum absolute atomic E-state index is 0.186. The van der Waals surface area contributed by atoms with Gasteiger partial charge in [-0.25, -0.2) is 18.3 Å². The number of fused-ring (bicyclic) bond motifs is 1. The molecule has 0 aliphatic carbocycles. The van der Waals surface area contributed by atoms with Crippen molar-refractivity contribution < 1.29 is 26.7 Å². The number of alkyl halides is 3. The van der Waals surface area contributed by atoms with E-state index in [-0.39, 0.29) is 11.5 Å². The predicted molar refractivity (Wildman–Crippen MR) is 92.5 cm³/mol. The normalized spacial score (nSPS) is 21.7. The lowest BCUT2D eigenvalue weighted by molar-refractivity contribution is -0.183. The van der Waals surface area contributed by atoms with Crippen molar-refractivity contribution in [1.29, 1.82) is 0 Å². The number of nitrogens with zero attached hydrogens (tertiary/aromatic N) is 5. The lowest BCUT2D eigenvalue weighted by Crippen LogP contribution is -2.45. The number of halogens is 5. The van der Waals surface area contributed by atoms with Crippen molar-refractivity contribution in [2.24, 2.45) is 5.92 Å². The summed E-state index contributed by atoms with van der Waals surface area (Å²) in [6, 6.07) is -0.742. The van der Waals surface area contributed by atoms with Crippen molar-refractivity contribution in [3.05, 3.63) is 45.9 Å². The van der Waals surface area contributed by atoms with Gasteiger partial charge >= 0.3 is 11.9 Å². The van der Waals surface area contributed by atoms with Crippen LogP contribution in [0.2, 0.25) is 0 Å². The molecule has 2 atom stereocenters. The molecule has 2 aromatic rings. The van der Waals surface area contributed by atoms with Crippen LogP contribution in [-0.4, -0.2) is 49.4 Å². The summed E-state index contributed by atoms with van der Waals surface area (Å²) in [7, 11) is 0. The van der Waals surface area contributed by atoms with Gasteiger partial charge in [-0.1, -0.05) is 0 Å². The van der Waals surface area contributed by atoms with Crippen LogP contribution in [-0.2, 0) is 17.8 Å². The van der Waals surface area contributed by atoms with Gasteiger partial charge in [-0.2, -0.15) is 18.3 Å². The zero-order chi connectivity index (χ0) is 21.6. The molecular formula is C18H18F5N5O2. The highest BCUT2D eigenvalue weighted by molar-refractivity contribution is 5.81. The van der Waals surface area contributed by atoms with E-state index in [1.54, 1.807) is 0 Å². The van der Waals surface area contributed by atoms with Crippen LogP contribution in [0.5, 0.6) is 0 Å². The third kappa shape index (κ3) is 3.70. The summed E-state index contributed by atoms with van der Waals surface area (Å²) in [5, 5.41) is 3.93. The van der Waals surface area contributed by atoms with E-state index in [9.17, 15) is 31.5 Å². The molecule has 0 saturated carbocycles. The van der Waals surface area contributed by atoms with Crippen LogP contribution in [0.1, 0.15) is 36.8 Å². The average molecular weight is 431 g/mol. The zero-order valence-corrected chi connectivity index (χ0v) is 15.7. The Morgan fingerprint density at radius 3 is 2.53 bits per heavy atom. The van der Waals surface area contributed by atoms with Crippen molar-refractivity contribution in [3.8, 4) is 0 Å². The number of carbonyl (C=O) groups excluding carboxylic acids is 1. The molecule has 2 aromatic heterocycles. The maximum Gasteiger partial charge on any atom is 0.392 e. The average Bonchev–Trinajstić information content (AvgIpc) is 3.31. The molecule has 2 aliphatic heterocycles. The molecule has 0 bridgehead atoms. The van der Waals surface area contributed by atoms with Crippen molar-refractivity contribution in [2.45, 2.75) is 44.4 Å². The highest BCUT2D eigenvalue weighted by Crippen LogP contribution is 2.39. The monoisotopic (exact) mass is 431 g/mol. The number of amides is 1. The molecular weight excluding hydrogens is 413 g/mol. The minimum atomic E-state index is -4.56. The van der Waals surface area contributed by atoms with E-state index in [1.807, 2.05) is 0 Å². The van der Waals surface area contributed by atoms with Gasteiger partial charge in [0.05, 0.1) is 24.4 Å². The number of rotatable bonds is 3. The quantitative estimate of drug-likeness (QED) is 0.698. The molecule has 0 radical (unpaired) electrons. The molecule has 1 amide bonds. The van der Waals surface area contributed by atoms with Crippen molar-refractivity contribution >= 4 is 5.91 Å². The van der Waals surface area contributed by atoms with Gasteiger partial charge in [0.25, 0.3) is 0 Å². The lowest BCUT2D eigenvalue weighted by Gasteiger charge is -2.32. The van der Waals surface area contributed by atoms with E-state index >= 15 is 0 Å². The third-order valence-corrected chi connectivity index (χ3v) is 5.54. The fourth-order valence-electron chi connectivity index (χ4n) is 4.01. The Balaban J connectivity index is 1.72. The molecule has 12 heteroatoms. The van der Waals surface area contributed by atoms with Crippen LogP contribution in [0.4, 0.5) is 22.0 Å². The summed E-state index contributed by atoms with van der Waals surface area (Å²) in [5.41, 5.74) is -1.11. The van der Waals surface area contributed by atoms with Crippen LogP contribution < -0.4 is 5.69 Å². The van der Waals surface area contributed by atoms with Gasteiger partial charge in [-0.15, -0.1) is 0 Å². The van der Waals surface area contributed by atoms with Gasteiger partial charge in [0.2, 0.25) is 5.91 Å². The van der Waals surface area contributed by atoms with Crippen molar-refractivity contribution in [3.63, 3.8) is 0 Å². The first kappa shape index (κ1) is 20.5. The fourth-order valence-corrected chi connectivity index (χ4v) is 4.01. The lowest BCUT2D eigenvalue weighted by atomic mass is 9.91. The summed E-state index contributed by atoms with van der Waals surface area (Å²) >= 11 is 0. The van der Waals surface area contributed by atoms with Crippen LogP contribution in [0.3, 0.4) is 0 Å². The second-order valence-electron chi connectivity index (χ2n) is 7.54. The summed E-state index contributed by atoms with van der Waals surface area (Å²) in [6.45, 7) is 0.357.